The first-order valence-electron chi connectivity index (χ1n) is 8.89. The average molecular weight is 316 g/mol. The summed E-state index contributed by atoms with van der Waals surface area (Å²) in [5.74, 6) is 1.11. The van der Waals surface area contributed by atoms with Crippen LogP contribution in [0.1, 0.15) is 43.0 Å². The fourth-order valence-electron chi connectivity index (χ4n) is 3.71. The molecule has 3 rings (SSSR count). The van der Waals surface area contributed by atoms with E-state index in [1.807, 2.05) is 12.1 Å². The molecule has 1 amide bonds. The van der Waals surface area contributed by atoms with Crippen LogP contribution in [0, 0.1) is 0 Å². The quantitative estimate of drug-likeness (QED) is 0.854. The Morgan fingerprint density at radius 3 is 2.61 bits per heavy atom. The van der Waals surface area contributed by atoms with Crippen LogP contribution in [0.4, 0.5) is 5.82 Å². The van der Waals surface area contributed by atoms with E-state index in [0.717, 1.165) is 56.9 Å². The number of likely N-dealkylation sites (tertiary alicyclic amines) is 1. The van der Waals surface area contributed by atoms with Crippen LogP contribution in [0.25, 0.3) is 0 Å². The van der Waals surface area contributed by atoms with Gasteiger partial charge in [-0.1, -0.05) is 0 Å². The number of nitrogens with zero attached hydrogens (tertiary/aromatic N) is 4. The second kappa shape index (κ2) is 7.30. The molecule has 23 heavy (non-hydrogen) atoms. The third-order valence-electron chi connectivity index (χ3n) is 5.15. The molecule has 0 spiro atoms. The molecule has 1 aromatic rings. The average Bonchev–Trinajstić information content (AvgIpc) is 3.12. The monoisotopic (exact) mass is 316 g/mol. The summed E-state index contributed by atoms with van der Waals surface area (Å²) in [6.07, 6.45) is 6.36. The first-order valence-corrected chi connectivity index (χ1v) is 8.89. The molecule has 2 aliphatic heterocycles. The molecule has 1 aromatic heterocycles. The Kier molecular flexibility index (Phi) is 5.16. The van der Waals surface area contributed by atoms with Crippen LogP contribution >= 0.6 is 0 Å². The Morgan fingerprint density at radius 2 is 1.96 bits per heavy atom. The molecule has 5 heteroatoms. The third-order valence-corrected chi connectivity index (χ3v) is 5.15. The van der Waals surface area contributed by atoms with Crippen molar-refractivity contribution in [1.29, 1.82) is 0 Å². The van der Waals surface area contributed by atoms with Gasteiger partial charge < -0.3 is 14.7 Å². The number of carbonyl (C=O) groups is 1. The van der Waals surface area contributed by atoms with Gasteiger partial charge in [-0.15, -0.1) is 0 Å². The third kappa shape index (κ3) is 3.66. The maximum Gasteiger partial charge on any atom is 0.254 e. The SMILES string of the molecule is CCN(C(=O)c1ccnc(N2CCCC2)c1)C1CCN(C)CC1. The minimum absolute atomic E-state index is 0.157. The predicted octanol–water partition coefficient (Wildman–Crippen LogP) is 2.24. The summed E-state index contributed by atoms with van der Waals surface area (Å²) in [4.78, 5) is 24.1. The standard InChI is InChI=1S/C18H28N4O/c1-3-22(16-7-12-20(2)13-8-16)18(23)15-6-9-19-17(14-15)21-10-4-5-11-21/h6,9,14,16H,3-5,7-8,10-13H2,1-2H3. The normalized spacial score (nSPS) is 20.0. The van der Waals surface area contributed by atoms with Crippen LogP contribution < -0.4 is 4.90 Å². The molecule has 2 aliphatic rings. The van der Waals surface area contributed by atoms with E-state index in [1.165, 1.54) is 12.8 Å². The number of amides is 1. The number of pyridine rings is 1. The molecule has 0 atom stereocenters. The predicted molar refractivity (Wildman–Crippen MR) is 92.9 cm³/mol. The second-order valence-corrected chi connectivity index (χ2v) is 6.72. The molecule has 0 bridgehead atoms. The lowest BCUT2D eigenvalue weighted by atomic mass is 10.0. The van der Waals surface area contributed by atoms with E-state index in [9.17, 15) is 4.79 Å². The number of carbonyl (C=O) groups excluding carboxylic acids is 1. The van der Waals surface area contributed by atoms with Gasteiger partial charge >= 0.3 is 0 Å². The van der Waals surface area contributed by atoms with Gasteiger partial charge in [-0.25, -0.2) is 4.98 Å². The van der Waals surface area contributed by atoms with Crippen molar-refractivity contribution in [3.63, 3.8) is 0 Å². The van der Waals surface area contributed by atoms with Crippen LogP contribution in [0.5, 0.6) is 0 Å². The lowest BCUT2D eigenvalue weighted by molar-refractivity contribution is 0.0606. The number of aromatic nitrogens is 1. The van der Waals surface area contributed by atoms with E-state index < -0.39 is 0 Å². The Hall–Kier alpha value is -1.62. The minimum atomic E-state index is 0.157. The van der Waals surface area contributed by atoms with Gasteiger partial charge in [-0.05, 0) is 64.9 Å². The number of hydrogen-bond acceptors (Lipinski definition) is 4. The Morgan fingerprint density at radius 1 is 1.26 bits per heavy atom. The molecule has 2 fully saturated rings. The highest BCUT2D eigenvalue weighted by atomic mass is 16.2. The first-order chi connectivity index (χ1) is 11.2. The Balaban J connectivity index is 1.74. The Labute approximate surface area is 139 Å². The molecule has 0 unspecified atom stereocenters. The van der Waals surface area contributed by atoms with Gasteiger partial charge in [-0.2, -0.15) is 0 Å². The van der Waals surface area contributed by atoms with Crippen LogP contribution in [0.2, 0.25) is 0 Å². The van der Waals surface area contributed by atoms with Crippen molar-refractivity contribution < 1.29 is 4.79 Å². The zero-order chi connectivity index (χ0) is 16.2. The fourth-order valence-corrected chi connectivity index (χ4v) is 3.71. The van der Waals surface area contributed by atoms with Crippen LogP contribution in [-0.4, -0.2) is 66.5 Å². The molecular formula is C18H28N4O. The van der Waals surface area contributed by atoms with E-state index in [1.54, 1.807) is 6.20 Å². The molecule has 126 valence electrons. The summed E-state index contributed by atoms with van der Waals surface area (Å²) in [6, 6.07) is 4.21. The second-order valence-electron chi connectivity index (χ2n) is 6.72. The van der Waals surface area contributed by atoms with Crippen molar-refractivity contribution in [3.8, 4) is 0 Å². The van der Waals surface area contributed by atoms with E-state index in [-0.39, 0.29) is 5.91 Å². The molecule has 5 nitrogen and oxygen atoms in total. The van der Waals surface area contributed by atoms with E-state index in [2.05, 4.69) is 33.7 Å². The summed E-state index contributed by atoms with van der Waals surface area (Å²) in [5.41, 5.74) is 0.780. The smallest absolute Gasteiger partial charge is 0.254 e. The molecule has 0 aliphatic carbocycles. The highest BCUT2D eigenvalue weighted by Gasteiger charge is 2.27. The highest BCUT2D eigenvalue weighted by molar-refractivity contribution is 5.95. The molecular weight excluding hydrogens is 288 g/mol. The van der Waals surface area contributed by atoms with Crippen molar-refractivity contribution in [3.05, 3.63) is 23.9 Å². The van der Waals surface area contributed by atoms with Gasteiger partial charge in [0.05, 0.1) is 0 Å². The van der Waals surface area contributed by atoms with Crippen molar-refractivity contribution in [2.75, 3.05) is 44.7 Å². The molecule has 2 saturated heterocycles. The maximum absolute atomic E-state index is 13.0. The van der Waals surface area contributed by atoms with Crippen LogP contribution in [0.3, 0.4) is 0 Å². The number of piperidine rings is 1. The molecule has 0 N–H and O–H groups in total. The van der Waals surface area contributed by atoms with Crippen LogP contribution in [-0.2, 0) is 0 Å². The zero-order valence-electron chi connectivity index (χ0n) is 14.4. The molecule has 0 aromatic carbocycles. The van der Waals surface area contributed by atoms with Gasteiger partial charge in [0.1, 0.15) is 5.82 Å². The topological polar surface area (TPSA) is 39.7 Å². The zero-order valence-corrected chi connectivity index (χ0v) is 14.4. The molecule has 0 saturated carbocycles. The first kappa shape index (κ1) is 16.2. The molecule has 3 heterocycles. The van der Waals surface area contributed by atoms with E-state index in [0.29, 0.717) is 6.04 Å². The van der Waals surface area contributed by atoms with Gasteiger partial charge in [0, 0.05) is 37.4 Å². The summed E-state index contributed by atoms with van der Waals surface area (Å²) < 4.78 is 0. The van der Waals surface area contributed by atoms with Gasteiger partial charge in [-0.3, -0.25) is 4.79 Å². The number of hydrogen-bond donors (Lipinski definition) is 0. The summed E-state index contributed by atoms with van der Waals surface area (Å²) >= 11 is 0. The minimum Gasteiger partial charge on any atom is -0.357 e. The summed E-state index contributed by atoms with van der Waals surface area (Å²) in [6.45, 7) is 7.11. The van der Waals surface area contributed by atoms with Crippen molar-refractivity contribution in [2.45, 2.75) is 38.6 Å². The summed E-state index contributed by atoms with van der Waals surface area (Å²) in [5, 5.41) is 0. The number of anilines is 1. The lowest BCUT2D eigenvalue weighted by Gasteiger charge is -2.37. The largest absolute Gasteiger partial charge is 0.357 e. The fraction of sp³-hybridized carbons (Fsp3) is 0.667. The van der Waals surface area contributed by atoms with Crippen molar-refractivity contribution >= 4 is 11.7 Å². The van der Waals surface area contributed by atoms with E-state index >= 15 is 0 Å². The number of rotatable bonds is 4. The lowest BCUT2D eigenvalue weighted by Crippen LogP contribution is -2.46. The molecule has 0 radical (unpaired) electrons. The van der Waals surface area contributed by atoms with Gasteiger partial charge in [0.15, 0.2) is 0 Å². The van der Waals surface area contributed by atoms with Crippen molar-refractivity contribution in [1.82, 2.24) is 14.8 Å². The summed E-state index contributed by atoms with van der Waals surface area (Å²) in [7, 11) is 2.15. The maximum atomic E-state index is 13.0. The van der Waals surface area contributed by atoms with Gasteiger partial charge in [0.25, 0.3) is 5.91 Å². The highest BCUT2D eigenvalue weighted by Crippen LogP contribution is 2.22. The van der Waals surface area contributed by atoms with Crippen LogP contribution in [0.15, 0.2) is 18.3 Å². The Bertz CT molecular complexity index is 534. The van der Waals surface area contributed by atoms with Crippen molar-refractivity contribution in [2.24, 2.45) is 0 Å². The van der Waals surface area contributed by atoms with E-state index in [4.69, 9.17) is 0 Å². The van der Waals surface area contributed by atoms with Gasteiger partial charge in [0.2, 0.25) is 0 Å².